The van der Waals surface area contributed by atoms with Gasteiger partial charge in [0.2, 0.25) is 5.91 Å². The van der Waals surface area contributed by atoms with Gasteiger partial charge in [-0.15, -0.1) is 0 Å². The van der Waals surface area contributed by atoms with Crippen LogP contribution in [0.25, 0.3) is 0 Å². The number of likely N-dealkylation sites (tertiary alicyclic amines) is 1. The Morgan fingerprint density at radius 1 is 1.03 bits per heavy atom. The third-order valence-corrected chi connectivity index (χ3v) is 6.18. The standard InChI is InChI=1S/C26H46N2O6/c1-12-15-18-16-19(22(30)33-24(5,6)7)28(23(31)34-25(8,9)10)20(18)21(27-17(4)29)26(13-2,14-3)32-11/h12,15,18-21H,13-14,16H2,1-11H3,(H,27,29)/b15-12-/t18-,19+,20+,21+/m0/s1. The average molecular weight is 483 g/mol. The predicted molar refractivity (Wildman–Crippen MR) is 132 cm³/mol. The maximum Gasteiger partial charge on any atom is 0.411 e. The third kappa shape index (κ3) is 7.45. The molecule has 0 aliphatic carbocycles. The second-order valence-corrected chi connectivity index (χ2v) is 11.0. The molecule has 2 amide bonds. The van der Waals surface area contributed by atoms with Crippen molar-refractivity contribution in [2.24, 2.45) is 5.92 Å². The molecule has 1 aliphatic heterocycles. The molecule has 1 saturated heterocycles. The Kier molecular flexibility index (Phi) is 10.2. The first-order valence-corrected chi connectivity index (χ1v) is 12.2. The van der Waals surface area contributed by atoms with Gasteiger partial charge in [-0.25, -0.2) is 9.59 Å². The molecule has 0 bridgehead atoms. The average Bonchev–Trinajstić information content (AvgIpc) is 3.05. The van der Waals surface area contributed by atoms with E-state index in [2.05, 4.69) is 5.32 Å². The van der Waals surface area contributed by atoms with Crippen LogP contribution in [0.2, 0.25) is 0 Å². The molecule has 1 fully saturated rings. The predicted octanol–water partition coefficient (Wildman–Crippen LogP) is 4.61. The summed E-state index contributed by atoms with van der Waals surface area (Å²) in [5.74, 6) is -0.954. The Morgan fingerprint density at radius 2 is 1.56 bits per heavy atom. The number of allylic oxidation sites excluding steroid dienone is 1. The van der Waals surface area contributed by atoms with Gasteiger partial charge in [0.1, 0.15) is 17.2 Å². The number of esters is 1. The highest BCUT2D eigenvalue weighted by Gasteiger charge is 2.56. The first-order chi connectivity index (χ1) is 15.6. The van der Waals surface area contributed by atoms with Crippen molar-refractivity contribution in [3.8, 4) is 0 Å². The maximum absolute atomic E-state index is 13.6. The second-order valence-electron chi connectivity index (χ2n) is 11.0. The van der Waals surface area contributed by atoms with Crippen LogP contribution in [0.3, 0.4) is 0 Å². The van der Waals surface area contributed by atoms with Gasteiger partial charge in [0, 0.05) is 20.0 Å². The number of hydrogen-bond acceptors (Lipinski definition) is 6. The minimum Gasteiger partial charge on any atom is -0.458 e. The number of amides is 2. The Morgan fingerprint density at radius 3 is 1.94 bits per heavy atom. The molecule has 8 nitrogen and oxygen atoms in total. The van der Waals surface area contributed by atoms with Crippen molar-refractivity contribution in [3.05, 3.63) is 12.2 Å². The molecule has 0 unspecified atom stereocenters. The summed E-state index contributed by atoms with van der Waals surface area (Å²) in [6.45, 7) is 18.1. The van der Waals surface area contributed by atoms with Crippen molar-refractivity contribution < 1.29 is 28.6 Å². The summed E-state index contributed by atoms with van der Waals surface area (Å²) in [4.78, 5) is 40.8. The lowest BCUT2D eigenvalue weighted by molar-refractivity contribution is -0.161. The Balaban J connectivity index is 3.75. The summed E-state index contributed by atoms with van der Waals surface area (Å²) < 4.78 is 17.5. The van der Waals surface area contributed by atoms with Crippen molar-refractivity contribution in [3.63, 3.8) is 0 Å². The summed E-state index contributed by atoms with van der Waals surface area (Å²) in [6.07, 6.45) is 4.82. The number of carbonyl (C=O) groups is 3. The van der Waals surface area contributed by atoms with Crippen LogP contribution < -0.4 is 5.32 Å². The molecule has 1 N–H and O–H groups in total. The normalized spacial score (nSPS) is 22.6. The van der Waals surface area contributed by atoms with Gasteiger partial charge in [0.25, 0.3) is 0 Å². The zero-order valence-electron chi connectivity index (χ0n) is 23.0. The maximum atomic E-state index is 13.6. The summed E-state index contributed by atoms with van der Waals surface area (Å²) in [5.41, 5.74) is -2.24. The molecule has 0 spiro atoms. The Bertz CT molecular complexity index is 737. The van der Waals surface area contributed by atoms with Crippen LogP contribution in [-0.2, 0) is 23.8 Å². The van der Waals surface area contributed by atoms with Crippen LogP contribution in [-0.4, -0.2) is 64.9 Å². The molecule has 0 radical (unpaired) electrons. The van der Waals surface area contributed by atoms with Crippen molar-refractivity contribution in [2.45, 2.75) is 123 Å². The number of rotatable bonds is 8. The van der Waals surface area contributed by atoms with Gasteiger partial charge in [0.05, 0.1) is 17.7 Å². The highest BCUT2D eigenvalue weighted by atomic mass is 16.6. The fourth-order valence-electron chi connectivity index (χ4n) is 4.77. The minimum atomic E-state index is -0.861. The number of hydrogen-bond donors (Lipinski definition) is 1. The molecule has 8 heteroatoms. The molecule has 0 saturated carbocycles. The summed E-state index contributed by atoms with van der Waals surface area (Å²) in [6, 6.07) is -2.02. The van der Waals surface area contributed by atoms with Gasteiger partial charge in [-0.2, -0.15) is 0 Å². The number of nitrogens with zero attached hydrogens (tertiary/aromatic N) is 1. The largest absolute Gasteiger partial charge is 0.458 e. The van der Waals surface area contributed by atoms with Crippen molar-refractivity contribution >= 4 is 18.0 Å². The fourth-order valence-corrected chi connectivity index (χ4v) is 4.77. The smallest absolute Gasteiger partial charge is 0.411 e. The lowest BCUT2D eigenvalue weighted by Gasteiger charge is -2.46. The number of carbonyl (C=O) groups excluding carboxylic acids is 3. The van der Waals surface area contributed by atoms with Crippen LogP contribution in [0.4, 0.5) is 4.79 Å². The monoisotopic (exact) mass is 482 g/mol. The first-order valence-electron chi connectivity index (χ1n) is 12.2. The summed E-state index contributed by atoms with van der Waals surface area (Å²) >= 11 is 0. The molecular formula is C26H46N2O6. The van der Waals surface area contributed by atoms with E-state index in [1.54, 1.807) is 48.7 Å². The Labute approximate surface area is 205 Å². The van der Waals surface area contributed by atoms with E-state index in [1.165, 1.54) is 11.8 Å². The van der Waals surface area contributed by atoms with Crippen LogP contribution in [0, 0.1) is 5.92 Å². The molecule has 1 rings (SSSR count). The molecule has 1 aliphatic rings. The molecular weight excluding hydrogens is 436 g/mol. The highest BCUT2D eigenvalue weighted by Crippen LogP contribution is 2.40. The van der Waals surface area contributed by atoms with E-state index >= 15 is 0 Å². The van der Waals surface area contributed by atoms with Crippen LogP contribution in [0.15, 0.2) is 12.2 Å². The van der Waals surface area contributed by atoms with E-state index < -0.39 is 47.0 Å². The van der Waals surface area contributed by atoms with Crippen molar-refractivity contribution in [1.82, 2.24) is 10.2 Å². The SMILES string of the molecule is C/C=C\[C@H]1C[C@H](C(=O)OC(C)(C)C)N(C(=O)OC(C)(C)C)[C@H]1[C@@H](NC(C)=O)C(CC)(CC)OC. The molecule has 34 heavy (non-hydrogen) atoms. The van der Waals surface area contributed by atoms with Gasteiger partial charge < -0.3 is 19.5 Å². The van der Waals surface area contributed by atoms with Crippen molar-refractivity contribution in [1.29, 1.82) is 0 Å². The Hall–Kier alpha value is -2.09. The van der Waals surface area contributed by atoms with Gasteiger partial charge in [0.15, 0.2) is 0 Å². The van der Waals surface area contributed by atoms with Crippen LogP contribution >= 0.6 is 0 Å². The quantitative estimate of drug-likeness (QED) is 0.401. The van der Waals surface area contributed by atoms with Gasteiger partial charge in [-0.1, -0.05) is 26.0 Å². The van der Waals surface area contributed by atoms with E-state index in [0.717, 1.165) is 0 Å². The summed E-state index contributed by atoms with van der Waals surface area (Å²) in [7, 11) is 1.62. The van der Waals surface area contributed by atoms with Gasteiger partial charge in [-0.05, 0) is 67.7 Å². The minimum absolute atomic E-state index is 0.223. The molecule has 0 aromatic rings. The number of nitrogens with one attached hydrogen (secondary N) is 1. The van der Waals surface area contributed by atoms with E-state index in [-0.39, 0.29) is 11.8 Å². The lowest BCUT2D eigenvalue weighted by Crippen LogP contribution is -2.65. The van der Waals surface area contributed by atoms with Crippen LogP contribution in [0.1, 0.15) is 88.5 Å². The second kappa shape index (κ2) is 11.6. The van der Waals surface area contributed by atoms with Gasteiger partial charge >= 0.3 is 12.1 Å². The van der Waals surface area contributed by atoms with E-state index in [1.807, 2.05) is 32.9 Å². The molecule has 1 heterocycles. The topological polar surface area (TPSA) is 94.2 Å². The molecule has 0 aromatic carbocycles. The highest BCUT2D eigenvalue weighted by molar-refractivity contribution is 5.83. The summed E-state index contributed by atoms with van der Waals surface area (Å²) in [5, 5.41) is 3.06. The zero-order chi connectivity index (χ0) is 26.5. The molecule has 4 atom stereocenters. The van der Waals surface area contributed by atoms with Gasteiger partial charge in [-0.3, -0.25) is 9.69 Å². The number of ether oxygens (including phenoxy) is 3. The first kappa shape index (κ1) is 29.9. The van der Waals surface area contributed by atoms with Crippen molar-refractivity contribution in [2.75, 3.05) is 7.11 Å². The molecule has 0 aromatic heterocycles. The lowest BCUT2D eigenvalue weighted by atomic mass is 9.79. The molecule has 196 valence electrons. The third-order valence-electron chi connectivity index (χ3n) is 6.18. The number of methoxy groups -OCH3 is 1. The zero-order valence-corrected chi connectivity index (χ0v) is 23.0. The van der Waals surface area contributed by atoms with E-state index in [0.29, 0.717) is 19.3 Å². The van der Waals surface area contributed by atoms with E-state index in [4.69, 9.17) is 14.2 Å². The van der Waals surface area contributed by atoms with E-state index in [9.17, 15) is 14.4 Å². The fraction of sp³-hybridized carbons (Fsp3) is 0.808. The van der Waals surface area contributed by atoms with Crippen LogP contribution in [0.5, 0.6) is 0 Å².